The molecule has 0 saturated carbocycles. The molecule has 2 aromatic carbocycles. The Bertz CT molecular complexity index is 939. The van der Waals surface area contributed by atoms with Crippen LogP contribution in [-0.4, -0.2) is 21.9 Å². The molecule has 0 radical (unpaired) electrons. The number of nitrogens with one attached hydrogen (secondary N) is 2. The molecule has 0 aliphatic rings. The highest BCUT2D eigenvalue weighted by molar-refractivity contribution is 7.99. The molecule has 27 heavy (non-hydrogen) atoms. The number of carbonyl (C=O) groups is 1. The van der Waals surface area contributed by atoms with Crippen molar-refractivity contribution in [3.63, 3.8) is 0 Å². The van der Waals surface area contributed by atoms with Crippen LogP contribution in [0.1, 0.15) is 22.6 Å². The number of thioether (sulfide) groups is 1. The van der Waals surface area contributed by atoms with E-state index in [0.717, 1.165) is 22.5 Å². The molecule has 7 heteroatoms. The van der Waals surface area contributed by atoms with Gasteiger partial charge in [0, 0.05) is 11.4 Å². The summed E-state index contributed by atoms with van der Waals surface area (Å²) in [6.07, 6.45) is 0. The highest BCUT2D eigenvalue weighted by Gasteiger charge is 2.10. The molecule has 0 unspecified atom stereocenters. The largest absolute Gasteiger partial charge is 0.414 e. The molecule has 0 aliphatic heterocycles. The van der Waals surface area contributed by atoms with Gasteiger partial charge in [0.25, 0.3) is 5.22 Å². The van der Waals surface area contributed by atoms with Crippen LogP contribution >= 0.6 is 11.8 Å². The third kappa shape index (κ3) is 5.59. The van der Waals surface area contributed by atoms with Gasteiger partial charge in [-0.25, -0.2) is 0 Å². The van der Waals surface area contributed by atoms with Crippen LogP contribution in [0.2, 0.25) is 0 Å². The number of aryl methyl sites for hydroxylation is 3. The van der Waals surface area contributed by atoms with Crippen molar-refractivity contribution in [3.8, 4) is 0 Å². The van der Waals surface area contributed by atoms with E-state index in [1.807, 2.05) is 37.3 Å². The number of hydrogen-bond acceptors (Lipinski definition) is 6. The van der Waals surface area contributed by atoms with Gasteiger partial charge in [0.1, 0.15) is 0 Å². The Labute approximate surface area is 162 Å². The number of carbonyl (C=O) groups excluding carboxylic acids is 1. The van der Waals surface area contributed by atoms with Crippen molar-refractivity contribution >= 4 is 29.0 Å². The van der Waals surface area contributed by atoms with E-state index in [4.69, 9.17) is 4.42 Å². The van der Waals surface area contributed by atoms with Gasteiger partial charge in [-0.2, -0.15) is 0 Å². The summed E-state index contributed by atoms with van der Waals surface area (Å²) in [4.78, 5) is 12.0. The molecule has 0 fully saturated rings. The van der Waals surface area contributed by atoms with Gasteiger partial charge in [0.2, 0.25) is 11.8 Å². The van der Waals surface area contributed by atoms with Crippen molar-refractivity contribution in [2.45, 2.75) is 32.5 Å². The van der Waals surface area contributed by atoms with E-state index in [1.54, 1.807) is 0 Å². The first kappa shape index (κ1) is 19.0. The summed E-state index contributed by atoms with van der Waals surface area (Å²) in [7, 11) is 0. The van der Waals surface area contributed by atoms with Crippen LogP contribution in [0.5, 0.6) is 0 Å². The summed E-state index contributed by atoms with van der Waals surface area (Å²) < 4.78 is 5.59. The van der Waals surface area contributed by atoms with E-state index in [9.17, 15) is 4.79 Å². The first-order valence-electron chi connectivity index (χ1n) is 8.62. The Morgan fingerprint density at radius 2 is 1.89 bits per heavy atom. The van der Waals surface area contributed by atoms with E-state index < -0.39 is 0 Å². The van der Waals surface area contributed by atoms with Crippen LogP contribution in [0.4, 0.5) is 11.4 Å². The summed E-state index contributed by atoms with van der Waals surface area (Å²) >= 11 is 1.22. The van der Waals surface area contributed by atoms with Gasteiger partial charge < -0.3 is 15.1 Å². The lowest BCUT2D eigenvalue weighted by Crippen LogP contribution is -2.13. The Kier molecular flexibility index (Phi) is 6.13. The van der Waals surface area contributed by atoms with Crippen molar-refractivity contribution < 1.29 is 9.21 Å². The molecule has 0 saturated heterocycles. The van der Waals surface area contributed by atoms with Gasteiger partial charge in [-0.1, -0.05) is 41.6 Å². The van der Waals surface area contributed by atoms with Crippen LogP contribution in [0, 0.1) is 20.8 Å². The predicted molar refractivity (Wildman–Crippen MR) is 108 cm³/mol. The summed E-state index contributed by atoms with van der Waals surface area (Å²) in [5, 5.41) is 14.5. The highest BCUT2D eigenvalue weighted by Crippen LogP contribution is 2.19. The Morgan fingerprint density at radius 3 is 2.67 bits per heavy atom. The average molecular weight is 382 g/mol. The maximum absolute atomic E-state index is 12.0. The second-order valence-electron chi connectivity index (χ2n) is 6.34. The fourth-order valence-corrected chi connectivity index (χ4v) is 3.18. The number of rotatable bonds is 7. The lowest BCUT2D eigenvalue weighted by atomic mass is 10.1. The minimum Gasteiger partial charge on any atom is -0.414 e. The molecule has 1 aromatic heterocycles. The number of hydrogen-bond donors (Lipinski definition) is 2. The average Bonchev–Trinajstić information content (AvgIpc) is 3.07. The quantitative estimate of drug-likeness (QED) is 0.592. The second-order valence-corrected chi connectivity index (χ2v) is 7.27. The van der Waals surface area contributed by atoms with Crippen LogP contribution < -0.4 is 10.6 Å². The van der Waals surface area contributed by atoms with E-state index in [2.05, 4.69) is 46.8 Å². The van der Waals surface area contributed by atoms with Gasteiger partial charge in [0.05, 0.1) is 12.3 Å². The lowest BCUT2D eigenvalue weighted by Gasteiger charge is -2.07. The molecule has 3 rings (SSSR count). The van der Waals surface area contributed by atoms with Gasteiger partial charge >= 0.3 is 0 Å². The number of anilines is 2. The molecule has 0 atom stereocenters. The molecular formula is C20H22N4O2S. The van der Waals surface area contributed by atoms with E-state index in [-0.39, 0.29) is 11.7 Å². The Hall–Kier alpha value is -2.80. The van der Waals surface area contributed by atoms with Crippen molar-refractivity contribution in [2.24, 2.45) is 0 Å². The molecule has 0 aliphatic carbocycles. The van der Waals surface area contributed by atoms with Crippen molar-refractivity contribution in [2.75, 3.05) is 16.4 Å². The number of amides is 1. The topological polar surface area (TPSA) is 80.0 Å². The highest BCUT2D eigenvalue weighted by atomic mass is 32.2. The minimum atomic E-state index is -0.112. The maximum Gasteiger partial charge on any atom is 0.277 e. The monoisotopic (exact) mass is 382 g/mol. The molecule has 2 N–H and O–H groups in total. The van der Waals surface area contributed by atoms with Crippen molar-refractivity contribution in [1.82, 2.24) is 10.2 Å². The number of aromatic nitrogens is 2. The third-order valence-electron chi connectivity index (χ3n) is 3.89. The Balaban J connectivity index is 1.48. The zero-order chi connectivity index (χ0) is 19.2. The third-order valence-corrected chi connectivity index (χ3v) is 4.71. The molecule has 6 nitrogen and oxygen atoms in total. The maximum atomic E-state index is 12.0. The second kappa shape index (κ2) is 8.73. The van der Waals surface area contributed by atoms with Crippen LogP contribution in [0.3, 0.4) is 0 Å². The molecule has 1 heterocycles. The van der Waals surface area contributed by atoms with Gasteiger partial charge in [-0.05, 0) is 50.1 Å². The van der Waals surface area contributed by atoms with Crippen LogP contribution in [0.15, 0.2) is 52.1 Å². The van der Waals surface area contributed by atoms with Crippen LogP contribution in [-0.2, 0) is 11.3 Å². The zero-order valence-corrected chi connectivity index (χ0v) is 16.4. The van der Waals surface area contributed by atoms with Gasteiger partial charge in [-0.3, -0.25) is 4.79 Å². The van der Waals surface area contributed by atoms with Gasteiger partial charge in [0.15, 0.2) is 0 Å². The summed E-state index contributed by atoms with van der Waals surface area (Å²) in [5.41, 5.74) is 5.30. The van der Waals surface area contributed by atoms with Gasteiger partial charge in [-0.15, -0.1) is 10.2 Å². The first-order chi connectivity index (χ1) is 13.0. The lowest BCUT2D eigenvalue weighted by molar-refractivity contribution is -0.113. The van der Waals surface area contributed by atoms with E-state index >= 15 is 0 Å². The minimum absolute atomic E-state index is 0.112. The molecule has 140 valence electrons. The standard InChI is InChI=1S/C20H22N4O2S/c1-13-5-4-6-16(10-13)22-18(25)12-27-20-24-23-19(26-20)11-21-17-8-7-14(2)9-15(17)3/h4-10,21H,11-12H2,1-3H3,(H,22,25). The summed E-state index contributed by atoms with van der Waals surface area (Å²) in [5.74, 6) is 0.579. The number of benzene rings is 2. The normalized spacial score (nSPS) is 10.6. The fraction of sp³-hybridized carbons (Fsp3) is 0.250. The van der Waals surface area contributed by atoms with E-state index in [1.165, 1.54) is 17.3 Å². The molecule has 0 bridgehead atoms. The molecule has 1 amide bonds. The number of nitrogens with zero attached hydrogens (tertiary/aromatic N) is 2. The first-order valence-corrected chi connectivity index (χ1v) is 9.61. The smallest absolute Gasteiger partial charge is 0.277 e. The molecule has 0 spiro atoms. The summed E-state index contributed by atoms with van der Waals surface area (Å²) in [6, 6.07) is 13.9. The van der Waals surface area contributed by atoms with Crippen molar-refractivity contribution in [3.05, 3.63) is 65.0 Å². The summed E-state index contributed by atoms with van der Waals surface area (Å²) in [6.45, 7) is 6.54. The van der Waals surface area contributed by atoms with Crippen LogP contribution in [0.25, 0.3) is 0 Å². The van der Waals surface area contributed by atoms with Crippen molar-refractivity contribution in [1.29, 1.82) is 0 Å². The molecule has 3 aromatic rings. The zero-order valence-electron chi connectivity index (χ0n) is 15.6. The van der Waals surface area contributed by atoms with E-state index in [0.29, 0.717) is 17.7 Å². The fourth-order valence-electron chi connectivity index (χ4n) is 2.60. The predicted octanol–water partition coefficient (Wildman–Crippen LogP) is 4.34. The Morgan fingerprint density at radius 1 is 1.07 bits per heavy atom. The molecular weight excluding hydrogens is 360 g/mol. The SMILES string of the molecule is Cc1cccc(NC(=O)CSc2nnc(CNc3ccc(C)cc3C)o2)c1.